The maximum atomic E-state index is 11.7. The quantitative estimate of drug-likeness (QED) is 0.689. The second kappa shape index (κ2) is 5.73. The minimum atomic E-state index is -0.431. The number of hydrogen-bond acceptors (Lipinski definition) is 2. The van der Waals surface area contributed by atoms with Crippen LogP contribution in [0, 0.1) is 0 Å². The van der Waals surface area contributed by atoms with Gasteiger partial charge in [-0.05, 0) is 25.7 Å². The average molecular weight is 212 g/mol. The van der Waals surface area contributed by atoms with Crippen LogP contribution >= 0.6 is 0 Å². The van der Waals surface area contributed by atoms with Crippen molar-refractivity contribution >= 4 is 11.8 Å². The second-order valence-corrected chi connectivity index (χ2v) is 4.04. The van der Waals surface area contributed by atoms with Gasteiger partial charge in [0.1, 0.15) is 0 Å². The highest BCUT2D eigenvalue weighted by molar-refractivity contribution is 6.35. The zero-order valence-electron chi connectivity index (χ0n) is 9.58. The Morgan fingerprint density at radius 1 is 1.20 bits per heavy atom. The third-order valence-corrected chi connectivity index (χ3v) is 2.38. The fraction of sp³-hybridized carbons (Fsp3) is 0.818. The summed E-state index contributed by atoms with van der Waals surface area (Å²) in [5.74, 6) is -0.801. The predicted molar refractivity (Wildman–Crippen MR) is 58.3 cm³/mol. The van der Waals surface area contributed by atoms with Crippen molar-refractivity contribution in [1.29, 1.82) is 0 Å². The summed E-state index contributed by atoms with van der Waals surface area (Å²) in [6.45, 7) is 5.36. The molecular formula is C11H20N2O2. The van der Waals surface area contributed by atoms with Gasteiger partial charge in [0.2, 0.25) is 0 Å². The molecule has 2 amide bonds. The number of carbonyl (C=O) groups excluding carboxylic acids is 2. The molecule has 4 nitrogen and oxygen atoms in total. The van der Waals surface area contributed by atoms with Gasteiger partial charge in [-0.25, -0.2) is 0 Å². The van der Waals surface area contributed by atoms with Gasteiger partial charge in [0.05, 0.1) is 0 Å². The Hall–Kier alpha value is -1.06. The fourth-order valence-corrected chi connectivity index (χ4v) is 1.47. The molecule has 1 rings (SSSR count). The fourth-order valence-electron chi connectivity index (χ4n) is 1.47. The molecule has 0 unspecified atom stereocenters. The Bertz CT molecular complexity index is 231. The van der Waals surface area contributed by atoms with Gasteiger partial charge < -0.3 is 10.2 Å². The molecule has 1 fully saturated rings. The molecule has 0 aromatic heterocycles. The lowest BCUT2D eigenvalue weighted by atomic mass is 10.3. The minimum absolute atomic E-state index is 0.256. The van der Waals surface area contributed by atoms with E-state index in [9.17, 15) is 9.59 Å². The molecule has 0 saturated heterocycles. The Balaban J connectivity index is 2.41. The van der Waals surface area contributed by atoms with E-state index >= 15 is 0 Å². The van der Waals surface area contributed by atoms with Gasteiger partial charge in [-0.3, -0.25) is 9.59 Å². The highest BCUT2D eigenvalue weighted by Crippen LogP contribution is 2.18. The first-order chi connectivity index (χ1) is 7.19. The van der Waals surface area contributed by atoms with Gasteiger partial charge in [0, 0.05) is 19.1 Å². The number of amides is 2. The molecule has 1 aliphatic rings. The lowest BCUT2D eigenvalue weighted by molar-refractivity contribution is -0.146. The SMILES string of the molecule is CCCN(CCC)C(=O)C(=O)NC1CC1. The lowest BCUT2D eigenvalue weighted by Gasteiger charge is -2.20. The molecule has 1 saturated carbocycles. The summed E-state index contributed by atoms with van der Waals surface area (Å²) in [6.07, 6.45) is 3.81. The van der Waals surface area contributed by atoms with Gasteiger partial charge in [0.25, 0.3) is 0 Å². The first kappa shape index (κ1) is 12.0. The van der Waals surface area contributed by atoms with E-state index in [0.29, 0.717) is 13.1 Å². The van der Waals surface area contributed by atoms with E-state index in [1.165, 1.54) is 0 Å². The summed E-state index contributed by atoms with van der Waals surface area (Å²) < 4.78 is 0. The number of hydrogen-bond donors (Lipinski definition) is 1. The zero-order valence-corrected chi connectivity index (χ0v) is 9.58. The maximum absolute atomic E-state index is 11.7. The highest BCUT2D eigenvalue weighted by Gasteiger charge is 2.28. The van der Waals surface area contributed by atoms with E-state index in [4.69, 9.17) is 0 Å². The molecule has 1 N–H and O–H groups in total. The molecule has 4 heteroatoms. The lowest BCUT2D eigenvalue weighted by Crippen LogP contribution is -2.44. The van der Waals surface area contributed by atoms with Gasteiger partial charge in [0.15, 0.2) is 0 Å². The Labute approximate surface area is 91.0 Å². The van der Waals surface area contributed by atoms with E-state index in [-0.39, 0.29) is 11.9 Å². The van der Waals surface area contributed by atoms with Crippen LogP contribution in [-0.2, 0) is 9.59 Å². The van der Waals surface area contributed by atoms with Crippen LogP contribution < -0.4 is 5.32 Å². The summed E-state index contributed by atoms with van der Waals surface area (Å²) in [5.41, 5.74) is 0. The third kappa shape index (κ3) is 3.90. The van der Waals surface area contributed by atoms with E-state index in [0.717, 1.165) is 25.7 Å². The van der Waals surface area contributed by atoms with Crippen LogP contribution in [0.5, 0.6) is 0 Å². The first-order valence-corrected chi connectivity index (χ1v) is 5.78. The molecule has 1 aliphatic carbocycles. The van der Waals surface area contributed by atoms with Crippen molar-refractivity contribution in [3.63, 3.8) is 0 Å². The number of nitrogens with zero attached hydrogens (tertiary/aromatic N) is 1. The molecular weight excluding hydrogens is 192 g/mol. The molecule has 0 radical (unpaired) electrons. The van der Waals surface area contributed by atoms with E-state index in [1.807, 2.05) is 13.8 Å². The molecule has 0 atom stereocenters. The van der Waals surface area contributed by atoms with Gasteiger partial charge in [-0.2, -0.15) is 0 Å². The third-order valence-electron chi connectivity index (χ3n) is 2.38. The van der Waals surface area contributed by atoms with E-state index in [2.05, 4.69) is 5.32 Å². The van der Waals surface area contributed by atoms with E-state index < -0.39 is 5.91 Å². The summed E-state index contributed by atoms with van der Waals surface area (Å²) in [4.78, 5) is 24.8. The van der Waals surface area contributed by atoms with Gasteiger partial charge in [-0.15, -0.1) is 0 Å². The van der Waals surface area contributed by atoms with Crippen molar-refractivity contribution in [2.75, 3.05) is 13.1 Å². The van der Waals surface area contributed by atoms with Crippen LogP contribution in [-0.4, -0.2) is 35.8 Å². The van der Waals surface area contributed by atoms with Gasteiger partial charge >= 0.3 is 11.8 Å². The summed E-state index contributed by atoms with van der Waals surface area (Å²) in [6, 6.07) is 0.256. The van der Waals surface area contributed by atoms with Gasteiger partial charge in [-0.1, -0.05) is 13.8 Å². The molecule has 0 heterocycles. The van der Waals surface area contributed by atoms with Crippen LogP contribution in [0.3, 0.4) is 0 Å². The zero-order chi connectivity index (χ0) is 11.3. The van der Waals surface area contributed by atoms with E-state index in [1.54, 1.807) is 4.90 Å². The first-order valence-electron chi connectivity index (χ1n) is 5.78. The van der Waals surface area contributed by atoms with Crippen LogP contribution in [0.25, 0.3) is 0 Å². The Morgan fingerprint density at radius 3 is 2.13 bits per heavy atom. The molecule has 0 bridgehead atoms. The summed E-state index contributed by atoms with van der Waals surface area (Å²) in [7, 11) is 0. The average Bonchev–Trinajstić information content (AvgIpc) is 3.00. The monoisotopic (exact) mass is 212 g/mol. The largest absolute Gasteiger partial charge is 0.345 e. The normalized spacial score (nSPS) is 14.8. The maximum Gasteiger partial charge on any atom is 0.311 e. The van der Waals surface area contributed by atoms with Crippen LogP contribution in [0.1, 0.15) is 39.5 Å². The molecule has 15 heavy (non-hydrogen) atoms. The predicted octanol–water partition coefficient (Wildman–Crippen LogP) is 0.914. The van der Waals surface area contributed by atoms with Crippen LogP contribution in [0.4, 0.5) is 0 Å². The number of rotatable bonds is 5. The number of nitrogens with one attached hydrogen (secondary N) is 1. The van der Waals surface area contributed by atoms with Crippen molar-refractivity contribution in [2.24, 2.45) is 0 Å². The minimum Gasteiger partial charge on any atom is -0.345 e. The standard InChI is InChI=1S/C11H20N2O2/c1-3-7-13(8-4-2)11(15)10(14)12-9-5-6-9/h9H,3-8H2,1-2H3,(H,12,14). The second-order valence-electron chi connectivity index (χ2n) is 4.04. The van der Waals surface area contributed by atoms with Crippen molar-refractivity contribution in [3.8, 4) is 0 Å². The molecule has 86 valence electrons. The van der Waals surface area contributed by atoms with Crippen LogP contribution in [0.2, 0.25) is 0 Å². The summed E-state index contributed by atoms with van der Waals surface area (Å²) >= 11 is 0. The Kier molecular flexibility index (Phi) is 4.59. The molecule has 0 aromatic rings. The van der Waals surface area contributed by atoms with Crippen molar-refractivity contribution in [1.82, 2.24) is 10.2 Å². The highest BCUT2D eigenvalue weighted by atomic mass is 16.2. The van der Waals surface area contributed by atoms with Crippen LogP contribution in [0.15, 0.2) is 0 Å². The topological polar surface area (TPSA) is 49.4 Å². The molecule has 0 aromatic carbocycles. The Morgan fingerprint density at radius 2 is 1.73 bits per heavy atom. The molecule has 0 spiro atoms. The van der Waals surface area contributed by atoms with Crippen molar-refractivity contribution < 1.29 is 9.59 Å². The summed E-state index contributed by atoms with van der Waals surface area (Å²) in [5, 5.41) is 2.72. The van der Waals surface area contributed by atoms with Crippen molar-refractivity contribution in [2.45, 2.75) is 45.6 Å². The number of carbonyl (C=O) groups is 2. The smallest absolute Gasteiger partial charge is 0.311 e. The van der Waals surface area contributed by atoms with Crippen molar-refractivity contribution in [3.05, 3.63) is 0 Å². The molecule has 0 aliphatic heterocycles.